The van der Waals surface area contributed by atoms with Crippen molar-refractivity contribution in [3.8, 4) is 0 Å². The Kier molecular flexibility index (Phi) is 5.80. The zero-order chi connectivity index (χ0) is 12.5. The lowest BCUT2D eigenvalue weighted by Crippen LogP contribution is -2.24. The maximum Gasteiger partial charge on any atom is 0.0717 e. The highest BCUT2D eigenvalue weighted by Crippen LogP contribution is 2.08. The summed E-state index contributed by atoms with van der Waals surface area (Å²) in [6, 6.07) is 10.3. The second-order valence-corrected chi connectivity index (χ2v) is 4.81. The number of nitrogens with zero attached hydrogens (tertiary/aromatic N) is 1. The number of hydrogen-bond donors (Lipinski definition) is 0. The van der Waals surface area contributed by atoms with Gasteiger partial charge >= 0.3 is 0 Å². The van der Waals surface area contributed by atoms with Crippen LogP contribution in [0.5, 0.6) is 0 Å². The van der Waals surface area contributed by atoms with E-state index in [1.807, 2.05) is 6.07 Å². The van der Waals surface area contributed by atoms with Crippen LogP contribution in [0.2, 0.25) is 0 Å². The molecule has 2 rings (SSSR count). The maximum absolute atomic E-state index is 5.64. The van der Waals surface area contributed by atoms with Crippen LogP contribution in [0.25, 0.3) is 0 Å². The first-order valence-electron chi connectivity index (χ1n) is 6.97. The van der Waals surface area contributed by atoms with Crippen molar-refractivity contribution in [2.75, 3.05) is 19.7 Å². The molecule has 0 aliphatic carbocycles. The monoisotopic (exact) mass is 245 g/mol. The van der Waals surface area contributed by atoms with Crippen molar-refractivity contribution in [1.29, 1.82) is 0 Å². The molecule has 18 heavy (non-hydrogen) atoms. The van der Waals surface area contributed by atoms with Gasteiger partial charge in [-0.05, 0) is 37.4 Å². The lowest BCUT2D eigenvalue weighted by molar-refractivity contribution is 0.125. The van der Waals surface area contributed by atoms with Crippen LogP contribution in [0.3, 0.4) is 0 Å². The van der Waals surface area contributed by atoms with Crippen LogP contribution in [0.1, 0.15) is 31.2 Å². The van der Waals surface area contributed by atoms with Gasteiger partial charge in [0.05, 0.1) is 13.2 Å². The predicted molar refractivity (Wildman–Crippen MR) is 75.3 cm³/mol. The molecule has 0 saturated carbocycles. The van der Waals surface area contributed by atoms with Gasteiger partial charge in [-0.25, -0.2) is 0 Å². The molecule has 1 fully saturated rings. The van der Waals surface area contributed by atoms with E-state index >= 15 is 0 Å². The van der Waals surface area contributed by atoms with Gasteiger partial charge in [0, 0.05) is 13.1 Å². The molecule has 0 aromatic heterocycles. The van der Waals surface area contributed by atoms with Crippen LogP contribution < -0.4 is 0 Å². The highest BCUT2D eigenvalue weighted by atomic mass is 16.5. The maximum atomic E-state index is 5.64. The second-order valence-electron chi connectivity index (χ2n) is 4.81. The van der Waals surface area contributed by atoms with Gasteiger partial charge in [0.1, 0.15) is 0 Å². The largest absolute Gasteiger partial charge is 0.378 e. The molecule has 1 aliphatic rings. The fraction of sp³-hybridized carbons (Fsp3) is 0.500. The quantitative estimate of drug-likeness (QED) is 0.710. The number of likely N-dealkylation sites (tertiary alicyclic amines) is 1. The zero-order valence-electron chi connectivity index (χ0n) is 11.1. The molecule has 2 heteroatoms. The molecule has 98 valence electrons. The fourth-order valence-electron chi connectivity index (χ4n) is 2.21. The molecule has 1 aliphatic heterocycles. The van der Waals surface area contributed by atoms with Crippen LogP contribution >= 0.6 is 0 Å². The second kappa shape index (κ2) is 7.93. The molecule has 0 spiro atoms. The molecule has 1 saturated heterocycles. The minimum atomic E-state index is 0.721. The highest BCUT2D eigenvalue weighted by molar-refractivity contribution is 5.13. The summed E-state index contributed by atoms with van der Waals surface area (Å²) in [4.78, 5) is 2.42. The molecule has 0 unspecified atom stereocenters. The predicted octanol–water partition coefficient (Wildman–Crippen LogP) is 3.59. The summed E-state index contributed by atoms with van der Waals surface area (Å²) in [5.41, 5.74) is 1.25. The smallest absolute Gasteiger partial charge is 0.0717 e. The van der Waals surface area contributed by atoms with Crippen molar-refractivity contribution in [2.24, 2.45) is 0 Å². The highest BCUT2D eigenvalue weighted by Gasteiger charge is 2.04. The number of piperidine rings is 1. The van der Waals surface area contributed by atoms with Gasteiger partial charge in [0.15, 0.2) is 0 Å². The first-order chi connectivity index (χ1) is 8.95. The minimum Gasteiger partial charge on any atom is -0.378 e. The number of hydrogen-bond acceptors (Lipinski definition) is 2. The van der Waals surface area contributed by atoms with E-state index in [1.54, 1.807) is 0 Å². The summed E-state index contributed by atoms with van der Waals surface area (Å²) in [5.74, 6) is 0. The van der Waals surface area contributed by atoms with Crippen molar-refractivity contribution >= 4 is 0 Å². The van der Waals surface area contributed by atoms with Crippen LogP contribution in [0, 0.1) is 0 Å². The Morgan fingerprint density at radius 1 is 1.06 bits per heavy atom. The van der Waals surface area contributed by atoms with Crippen molar-refractivity contribution in [3.05, 3.63) is 48.2 Å². The minimum absolute atomic E-state index is 0.721. The van der Waals surface area contributed by atoms with Crippen molar-refractivity contribution in [1.82, 2.24) is 4.90 Å². The standard InChI is InChI=1S/C16H23NO/c1-3-9-16(10-4-1)15-18-14-8-7-13-17-11-5-2-6-12-17/h1,3-4,7,9-10,13H,2,5-6,8,11-12,14-15H2. The van der Waals surface area contributed by atoms with Gasteiger partial charge < -0.3 is 9.64 Å². The van der Waals surface area contributed by atoms with Crippen molar-refractivity contribution in [3.63, 3.8) is 0 Å². The lowest BCUT2D eigenvalue weighted by atomic mass is 10.1. The molecule has 0 bridgehead atoms. The summed E-state index contributed by atoms with van der Waals surface area (Å²) < 4.78 is 5.64. The van der Waals surface area contributed by atoms with E-state index in [2.05, 4.69) is 41.4 Å². The van der Waals surface area contributed by atoms with Gasteiger partial charge in [0.25, 0.3) is 0 Å². The van der Waals surface area contributed by atoms with Gasteiger partial charge in [0.2, 0.25) is 0 Å². The van der Waals surface area contributed by atoms with Crippen LogP contribution in [-0.2, 0) is 11.3 Å². The molecule has 0 atom stereocenters. The third-order valence-corrected chi connectivity index (χ3v) is 3.25. The topological polar surface area (TPSA) is 12.5 Å². The molecule has 1 heterocycles. The van der Waals surface area contributed by atoms with Gasteiger partial charge in [-0.2, -0.15) is 0 Å². The Labute approximate surface area is 110 Å². The van der Waals surface area contributed by atoms with Gasteiger partial charge in [-0.1, -0.05) is 36.4 Å². The average Bonchev–Trinajstić information content (AvgIpc) is 2.45. The molecule has 0 N–H and O–H groups in total. The zero-order valence-corrected chi connectivity index (χ0v) is 11.1. The molecule has 0 radical (unpaired) electrons. The number of ether oxygens (including phenoxy) is 1. The van der Waals surface area contributed by atoms with Crippen LogP contribution in [-0.4, -0.2) is 24.6 Å². The Morgan fingerprint density at radius 2 is 1.83 bits per heavy atom. The van der Waals surface area contributed by atoms with E-state index in [9.17, 15) is 0 Å². The van der Waals surface area contributed by atoms with E-state index < -0.39 is 0 Å². The molecule has 2 nitrogen and oxygen atoms in total. The molecular formula is C16H23NO. The first kappa shape index (κ1) is 13.2. The van der Waals surface area contributed by atoms with E-state index in [0.29, 0.717) is 0 Å². The Bertz CT molecular complexity index is 341. The van der Waals surface area contributed by atoms with E-state index in [4.69, 9.17) is 4.74 Å². The third kappa shape index (κ3) is 4.92. The summed E-state index contributed by atoms with van der Waals surface area (Å²) in [6.07, 6.45) is 9.55. The van der Waals surface area contributed by atoms with Gasteiger partial charge in [-0.3, -0.25) is 0 Å². The van der Waals surface area contributed by atoms with Crippen LogP contribution in [0.15, 0.2) is 42.6 Å². The SMILES string of the molecule is C(=CN1CCCCC1)CCOCc1ccccc1. The fourth-order valence-corrected chi connectivity index (χ4v) is 2.21. The average molecular weight is 245 g/mol. The molecular weight excluding hydrogens is 222 g/mol. The summed E-state index contributed by atoms with van der Waals surface area (Å²) in [6.45, 7) is 3.97. The Hall–Kier alpha value is -1.28. The Balaban J connectivity index is 1.54. The molecule has 0 amide bonds. The van der Waals surface area contributed by atoms with Crippen molar-refractivity contribution in [2.45, 2.75) is 32.3 Å². The lowest BCUT2D eigenvalue weighted by Gasteiger charge is -2.24. The summed E-state index contributed by atoms with van der Waals surface area (Å²) in [7, 11) is 0. The van der Waals surface area contributed by atoms with Crippen molar-refractivity contribution < 1.29 is 4.74 Å². The van der Waals surface area contributed by atoms with Gasteiger partial charge in [-0.15, -0.1) is 0 Å². The summed E-state index contributed by atoms with van der Waals surface area (Å²) >= 11 is 0. The normalized spacial score (nSPS) is 16.3. The number of benzene rings is 1. The van der Waals surface area contributed by atoms with E-state index in [-0.39, 0.29) is 0 Å². The molecule has 1 aromatic rings. The van der Waals surface area contributed by atoms with Crippen LogP contribution in [0.4, 0.5) is 0 Å². The third-order valence-electron chi connectivity index (χ3n) is 3.25. The Morgan fingerprint density at radius 3 is 2.61 bits per heavy atom. The number of rotatable bonds is 6. The van der Waals surface area contributed by atoms with E-state index in [0.717, 1.165) is 19.6 Å². The first-order valence-corrected chi connectivity index (χ1v) is 6.97. The van der Waals surface area contributed by atoms with E-state index in [1.165, 1.54) is 37.9 Å². The summed E-state index contributed by atoms with van der Waals surface area (Å²) in [5, 5.41) is 0. The molecule has 1 aromatic carbocycles.